The van der Waals surface area contributed by atoms with Crippen LogP contribution >= 0.6 is 0 Å². The smallest absolute Gasteiger partial charge is 0.252 e. The molecule has 1 amide bonds. The first-order chi connectivity index (χ1) is 9.90. The summed E-state index contributed by atoms with van der Waals surface area (Å²) in [6.07, 6.45) is 0. The number of nitrogens with one attached hydrogen (secondary N) is 1. The maximum absolute atomic E-state index is 12.6. The third-order valence-electron chi connectivity index (χ3n) is 3.91. The summed E-state index contributed by atoms with van der Waals surface area (Å²) >= 11 is 0. The number of carbonyl (C=O) groups is 1. The first kappa shape index (κ1) is 15.3. The summed E-state index contributed by atoms with van der Waals surface area (Å²) in [5, 5.41) is 3.12. The van der Waals surface area contributed by atoms with E-state index in [4.69, 9.17) is 0 Å². The SMILES string of the molecule is Cc1cc(C)c(C(=O)NC(C)c2ccccc2C)c(C)c1. The number of rotatable bonds is 3. The van der Waals surface area contributed by atoms with Gasteiger partial charge in [-0.25, -0.2) is 0 Å². The molecular formula is C19H23NO. The molecule has 0 aliphatic rings. The fourth-order valence-electron chi connectivity index (χ4n) is 2.96. The van der Waals surface area contributed by atoms with Gasteiger partial charge in [0.05, 0.1) is 6.04 Å². The van der Waals surface area contributed by atoms with Crippen molar-refractivity contribution in [2.45, 2.75) is 40.7 Å². The number of aryl methyl sites for hydroxylation is 4. The summed E-state index contributed by atoms with van der Waals surface area (Å²) in [5.41, 5.74) is 6.40. The quantitative estimate of drug-likeness (QED) is 0.887. The normalized spacial score (nSPS) is 12.0. The highest BCUT2D eigenvalue weighted by Gasteiger charge is 2.16. The molecule has 0 spiro atoms. The molecule has 1 atom stereocenters. The van der Waals surface area contributed by atoms with Gasteiger partial charge < -0.3 is 5.32 Å². The van der Waals surface area contributed by atoms with Gasteiger partial charge in [-0.3, -0.25) is 4.79 Å². The van der Waals surface area contributed by atoms with E-state index in [1.165, 1.54) is 11.1 Å². The van der Waals surface area contributed by atoms with Crippen LogP contribution in [-0.4, -0.2) is 5.91 Å². The van der Waals surface area contributed by atoms with Crippen molar-refractivity contribution in [2.24, 2.45) is 0 Å². The molecule has 21 heavy (non-hydrogen) atoms. The van der Waals surface area contributed by atoms with Crippen molar-refractivity contribution in [2.75, 3.05) is 0 Å². The van der Waals surface area contributed by atoms with Crippen molar-refractivity contribution in [3.63, 3.8) is 0 Å². The first-order valence-corrected chi connectivity index (χ1v) is 7.34. The summed E-state index contributed by atoms with van der Waals surface area (Å²) in [6.45, 7) is 10.1. The largest absolute Gasteiger partial charge is 0.345 e. The Kier molecular flexibility index (Phi) is 4.46. The van der Waals surface area contributed by atoms with Gasteiger partial charge in [0, 0.05) is 5.56 Å². The second-order valence-corrected chi connectivity index (χ2v) is 5.83. The van der Waals surface area contributed by atoms with Gasteiger partial charge in [-0.15, -0.1) is 0 Å². The summed E-state index contributed by atoms with van der Waals surface area (Å²) < 4.78 is 0. The van der Waals surface area contributed by atoms with Crippen LogP contribution in [0.15, 0.2) is 36.4 Å². The van der Waals surface area contributed by atoms with Gasteiger partial charge in [-0.2, -0.15) is 0 Å². The highest BCUT2D eigenvalue weighted by Crippen LogP contribution is 2.20. The molecule has 2 rings (SSSR count). The van der Waals surface area contributed by atoms with Crippen LogP contribution in [0.3, 0.4) is 0 Å². The molecule has 0 radical (unpaired) electrons. The molecule has 2 aromatic rings. The van der Waals surface area contributed by atoms with Crippen LogP contribution in [0, 0.1) is 27.7 Å². The van der Waals surface area contributed by atoms with Gasteiger partial charge in [0.1, 0.15) is 0 Å². The van der Waals surface area contributed by atoms with E-state index >= 15 is 0 Å². The zero-order valence-corrected chi connectivity index (χ0v) is 13.4. The minimum Gasteiger partial charge on any atom is -0.345 e. The Labute approximate surface area is 127 Å². The highest BCUT2D eigenvalue weighted by atomic mass is 16.1. The highest BCUT2D eigenvalue weighted by molar-refractivity contribution is 5.97. The van der Waals surface area contributed by atoms with E-state index in [0.717, 1.165) is 22.3 Å². The van der Waals surface area contributed by atoms with Gasteiger partial charge in [0.15, 0.2) is 0 Å². The fraction of sp³-hybridized carbons (Fsp3) is 0.316. The second kappa shape index (κ2) is 6.13. The zero-order chi connectivity index (χ0) is 15.6. The minimum absolute atomic E-state index is 0.000697. The Morgan fingerprint density at radius 1 is 0.952 bits per heavy atom. The molecule has 0 fully saturated rings. The van der Waals surface area contributed by atoms with E-state index in [1.807, 2.05) is 32.9 Å². The van der Waals surface area contributed by atoms with Gasteiger partial charge in [0.25, 0.3) is 5.91 Å². The molecule has 2 aromatic carbocycles. The first-order valence-electron chi connectivity index (χ1n) is 7.34. The Bertz CT molecular complexity index is 650. The molecule has 1 unspecified atom stereocenters. The number of hydrogen-bond donors (Lipinski definition) is 1. The van der Waals surface area contributed by atoms with Crippen LogP contribution in [0.1, 0.15) is 51.1 Å². The third kappa shape index (κ3) is 3.33. The molecule has 0 aliphatic carbocycles. The Morgan fingerprint density at radius 2 is 1.52 bits per heavy atom. The standard InChI is InChI=1S/C19H23NO/c1-12-10-14(3)18(15(4)11-12)19(21)20-16(5)17-9-7-6-8-13(17)2/h6-11,16H,1-5H3,(H,20,21). The third-order valence-corrected chi connectivity index (χ3v) is 3.91. The van der Waals surface area contributed by atoms with Gasteiger partial charge >= 0.3 is 0 Å². The number of carbonyl (C=O) groups excluding carboxylic acids is 1. The van der Waals surface area contributed by atoms with E-state index in [2.05, 4.69) is 43.4 Å². The molecule has 0 bridgehead atoms. The Balaban J connectivity index is 2.25. The van der Waals surface area contributed by atoms with E-state index in [1.54, 1.807) is 0 Å². The summed E-state index contributed by atoms with van der Waals surface area (Å²) in [4.78, 5) is 12.6. The Morgan fingerprint density at radius 3 is 2.10 bits per heavy atom. The van der Waals surface area contributed by atoms with Crippen LogP contribution in [0.4, 0.5) is 0 Å². The Hall–Kier alpha value is -2.09. The molecule has 110 valence electrons. The van der Waals surface area contributed by atoms with E-state index in [0.29, 0.717) is 0 Å². The zero-order valence-electron chi connectivity index (χ0n) is 13.4. The molecule has 0 aromatic heterocycles. The fourth-order valence-corrected chi connectivity index (χ4v) is 2.96. The number of benzene rings is 2. The number of amides is 1. The minimum atomic E-state index is -0.00111. The van der Waals surface area contributed by atoms with Crippen LogP contribution in [-0.2, 0) is 0 Å². The van der Waals surface area contributed by atoms with Crippen molar-refractivity contribution >= 4 is 5.91 Å². The molecular weight excluding hydrogens is 258 g/mol. The second-order valence-electron chi connectivity index (χ2n) is 5.83. The van der Waals surface area contributed by atoms with Crippen molar-refractivity contribution < 1.29 is 4.79 Å². The maximum Gasteiger partial charge on any atom is 0.252 e. The van der Waals surface area contributed by atoms with Gasteiger partial charge in [0.2, 0.25) is 0 Å². The topological polar surface area (TPSA) is 29.1 Å². The predicted molar refractivity (Wildman–Crippen MR) is 87.7 cm³/mol. The van der Waals surface area contributed by atoms with Crippen molar-refractivity contribution in [1.29, 1.82) is 0 Å². The molecule has 0 saturated heterocycles. The maximum atomic E-state index is 12.6. The number of hydrogen-bond acceptors (Lipinski definition) is 1. The van der Waals surface area contributed by atoms with Crippen LogP contribution < -0.4 is 5.32 Å². The van der Waals surface area contributed by atoms with E-state index in [9.17, 15) is 4.79 Å². The molecule has 0 heterocycles. The van der Waals surface area contributed by atoms with Crippen molar-refractivity contribution in [3.05, 3.63) is 69.8 Å². The summed E-state index contributed by atoms with van der Waals surface area (Å²) in [6, 6.07) is 12.3. The van der Waals surface area contributed by atoms with Crippen LogP contribution in [0.5, 0.6) is 0 Å². The molecule has 1 N–H and O–H groups in total. The average Bonchev–Trinajstić information content (AvgIpc) is 2.37. The van der Waals surface area contributed by atoms with Crippen LogP contribution in [0.25, 0.3) is 0 Å². The molecule has 0 aliphatic heterocycles. The monoisotopic (exact) mass is 281 g/mol. The lowest BCUT2D eigenvalue weighted by Crippen LogP contribution is -2.28. The van der Waals surface area contributed by atoms with Gasteiger partial charge in [-0.1, -0.05) is 42.0 Å². The van der Waals surface area contributed by atoms with Crippen molar-refractivity contribution in [1.82, 2.24) is 5.32 Å². The lowest BCUT2D eigenvalue weighted by Gasteiger charge is -2.18. The van der Waals surface area contributed by atoms with Crippen LogP contribution in [0.2, 0.25) is 0 Å². The van der Waals surface area contributed by atoms with E-state index in [-0.39, 0.29) is 11.9 Å². The molecule has 2 heteroatoms. The molecule has 0 saturated carbocycles. The van der Waals surface area contributed by atoms with Crippen molar-refractivity contribution in [3.8, 4) is 0 Å². The van der Waals surface area contributed by atoms with Gasteiger partial charge in [-0.05, 0) is 56.9 Å². The summed E-state index contributed by atoms with van der Waals surface area (Å²) in [7, 11) is 0. The molecule has 2 nitrogen and oxygen atoms in total. The average molecular weight is 281 g/mol. The lowest BCUT2D eigenvalue weighted by atomic mass is 9.98. The van der Waals surface area contributed by atoms with E-state index < -0.39 is 0 Å². The predicted octanol–water partition coefficient (Wildman–Crippen LogP) is 4.41. The lowest BCUT2D eigenvalue weighted by molar-refractivity contribution is 0.0938. The summed E-state index contributed by atoms with van der Waals surface area (Å²) in [5.74, 6) is 0.000697.